The summed E-state index contributed by atoms with van der Waals surface area (Å²) in [4.78, 5) is 2.36. The van der Waals surface area contributed by atoms with E-state index in [9.17, 15) is 0 Å². The van der Waals surface area contributed by atoms with Crippen LogP contribution in [-0.4, -0.2) is 25.0 Å². The minimum absolute atomic E-state index is 0.229. The minimum Gasteiger partial charge on any atom is -0.468 e. The molecule has 1 fully saturated rings. The summed E-state index contributed by atoms with van der Waals surface area (Å²) in [6.07, 6.45) is 8.68. The average molecular weight is 236 g/mol. The van der Waals surface area contributed by atoms with Crippen LogP contribution in [0.3, 0.4) is 0 Å². The van der Waals surface area contributed by atoms with Gasteiger partial charge < -0.3 is 10.2 Å². The number of rotatable bonds is 5. The van der Waals surface area contributed by atoms with Crippen molar-refractivity contribution in [2.75, 3.05) is 20.1 Å². The molecule has 1 atom stereocenters. The van der Waals surface area contributed by atoms with E-state index in [1.165, 1.54) is 32.1 Å². The van der Waals surface area contributed by atoms with Crippen molar-refractivity contribution in [2.45, 2.75) is 38.1 Å². The molecule has 96 valence electrons. The molecule has 1 aliphatic carbocycles. The molecule has 0 radical (unpaired) electrons. The Bertz CT molecular complexity index is 304. The van der Waals surface area contributed by atoms with Crippen molar-refractivity contribution >= 4 is 0 Å². The Hall–Kier alpha value is -0.800. The fraction of sp³-hybridized carbons (Fsp3) is 0.714. The summed E-state index contributed by atoms with van der Waals surface area (Å²) >= 11 is 0. The highest BCUT2D eigenvalue weighted by atomic mass is 16.3. The molecule has 1 heterocycles. The maximum atomic E-state index is 5.87. The standard InChI is InChI=1S/C14H24N2O/c1-16(11-12-6-3-2-4-7-12)13(10-15)14-8-5-9-17-14/h5,8-9,12-13H,2-4,6-7,10-11,15H2,1H3. The van der Waals surface area contributed by atoms with E-state index in [0.717, 1.165) is 18.2 Å². The number of furan rings is 1. The lowest BCUT2D eigenvalue weighted by atomic mass is 9.88. The fourth-order valence-corrected chi connectivity index (χ4v) is 2.90. The summed E-state index contributed by atoms with van der Waals surface area (Å²) in [5.74, 6) is 1.84. The van der Waals surface area contributed by atoms with Gasteiger partial charge in [0.1, 0.15) is 5.76 Å². The quantitative estimate of drug-likeness (QED) is 0.854. The molecule has 2 N–H and O–H groups in total. The van der Waals surface area contributed by atoms with Crippen LogP contribution >= 0.6 is 0 Å². The molecule has 3 heteroatoms. The van der Waals surface area contributed by atoms with Crippen molar-refractivity contribution in [3.05, 3.63) is 24.2 Å². The zero-order valence-electron chi connectivity index (χ0n) is 10.8. The zero-order valence-corrected chi connectivity index (χ0v) is 10.8. The number of nitrogens with two attached hydrogens (primary N) is 1. The second-order valence-corrected chi connectivity index (χ2v) is 5.21. The SMILES string of the molecule is CN(CC1CCCCC1)C(CN)c1ccco1. The molecule has 0 amide bonds. The second kappa shape index (κ2) is 6.22. The van der Waals surface area contributed by atoms with Crippen LogP contribution in [0.5, 0.6) is 0 Å². The van der Waals surface area contributed by atoms with Gasteiger partial charge in [-0.25, -0.2) is 0 Å². The number of likely N-dealkylation sites (N-methyl/N-ethyl adjacent to an activating group) is 1. The number of nitrogens with zero attached hydrogens (tertiary/aromatic N) is 1. The van der Waals surface area contributed by atoms with Crippen LogP contribution in [0.1, 0.15) is 43.9 Å². The Morgan fingerprint density at radius 1 is 1.41 bits per heavy atom. The largest absolute Gasteiger partial charge is 0.468 e. The van der Waals surface area contributed by atoms with Crippen LogP contribution in [0.15, 0.2) is 22.8 Å². The lowest BCUT2D eigenvalue weighted by Gasteiger charge is -2.31. The van der Waals surface area contributed by atoms with E-state index in [0.29, 0.717) is 6.54 Å². The van der Waals surface area contributed by atoms with E-state index in [-0.39, 0.29) is 6.04 Å². The van der Waals surface area contributed by atoms with Gasteiger partial charge in [0, 0.05) is 13.1 Å². The monoisotopic (exact) mass is 236 g/mol. The van der Waals surface area contributed by atoms with Gasteiger partial charge in [0.25, 0.3) is 0 Å². The normalized spacial score (nSPS) is 19.7. The Balaban J connectivity index is 1.90. The van der Waals surface area contributed by atoms with Gasteiger partial charge in [0.05, 0.1) is 12.3 Å². The van der Waals surface area contributed by atoms with Crippen LogP contribution in [0, 0.1) is 5.92 Å². The summed E-state index contributed by atoms with van der Waals surface area (Å²) < 4.78 is 5.48. The number of hydrogen-bond acceptors (Lipinski definition) is 3. The molecule has 0 bridgehead atoms. The average Bonchev–Trinajstić information content (AvgIpc) is 2.85. The van der Waals surface area contributed by atoms with E-state index < -0.39 is 0 Å². The summed E-state index contributed by atoms with van der Waals surface area (Å²) in [6.45, 7) is 1.76. The first-order chi connectivity index (χ1) is 8.31. The first kappa shape index (κ1) is 12.7. The summed E-state index contributed by atoms with van der Waals surface area (Å²) in [6, 6.07) is 4.19. The zero-order chi connectivity index (χ0) is 12.1. The first-order valence-electron chi connectivity index (χ1n) is 6.75. The first-order valence-corrected chi connectivity index (χ1v) is 6.75. The predicted molar refractivity (Wildman–Crippen MR) is 69.7 cm³/mol. The van der Waals surface area contributed by atoms with Crippen molar-refractivity contribution in [1.82, 2.24) is 4.90 Å². The highest BCUT2D eigenvalue weighted by Gasteiger charge is 2.22. The van der Waals surface area contributed by atoms with Crippen LogP contribution in [0.2, 0.25) is 0 Å². The van der Waals surface area contributed by atoms with Gasteiger partial charge in [0.15, 0.2) is 0 Å². The van der Waals surface area contributed by atoms with Crippen LogP contribution in [0.4, 0.5) is 0 Å². The minimum atomic E-state index is 0.229. The van der Waals surface area contributed by atoms with Gasteiger partial charge in [-0.2, -0.15) is 0 Å². The topological polar surface area (TPSA) is 42.4 Å². The molecular weight excluding hydrogens is 212 g/mol. The molecule has 1 aromatic heterocycles. The molecule has 3 nitrogen and oxygen atoms in total. The predicted octanol–water partition coefficient (Wildman–Crippen LogP) is 2.79. The summed E-state index contributed by atoms with van der Waals surface area (Å²) in [5, 5.41) is 0. The Morgan fingerprint density at radius 2 is 2.18 bits per heavy atom. The Morgan fingerprint density at radius 3 is 2.76 bits per heavy atom. The maximum Gasteiger partial charge on any atom is 0.122 e. The molecule has 1 aromatic rings. The van der Waals surface area contributed by atoms with Gasteiger partial charge in [0.2, 0.25) is 0 Å². The van der Waals surface area contributed by atoms with E-state index in [1.54, 1.807) is 6.26 Å². The third-order valence-corrected chi connectivity index (χ3v) is 3.90. The van der Waals surface area contributed by atoms with Crippen LogP contribution in [0.25, 0.3) is 0 Å². The third kappa shape index (κ3) is 3.33. The second-order valence-electron chi connectivity index (χ2n) is 5.21. The lowest BCUT2D eigenvalue weighted by molar-refractivity contribution is 0.169. The number of hydrogen-bond donors (Lipinski definition) is 1. The van der Waals surface area contributed by atoms with Crippen molar-refractivity contribution < 1.29 is 4.42 Å². The van der Waals surface area contributed by atoms with Crippen molar-refractivity contribution in [1.29, 1.82) is 0 Å². The highest BCUT2D eigenvalue weighted by Crippen LogP contribution is 2.27. The molecular formula is C14H24N2O. The van der Waals surface area contributed by atoms with Gasteiger partial charge in [-0.1, -0.05) is 19.3 Å². The molecule has 0 spiro atoms. The van der Waals surface area contributed by atoms with Gasteiger partial charge in [-0.05, 0) is 37.9 Å². The molecule has 2 rings (SSSR count). The Kier molecular flexibility index (Phi) is 4.63. The molecule has 1 unspecified atom stereocenters. The van der Waals surface area contributed by atoms with Crippen molar-refractivity contribution in [3.63, 3.8) is 0 Å². The molecule has 1 aliphatic rings. The Labute approximate surface area is 104 Å². The van der Waals surface area contributed by atoms with E-state index in [1.807, 2.05) is 12.1 Å². The van der Waals surface area contributed by atoms with Crippen LogP contribution in [-0.2, 0) is 0 Å². The fourth-order valence-electron chi connectivity index (χ4n) is 2.90. The van der Waals surface area contributed by atoms with Gasteiger partial charge in [-0.3, -0.25) is 4.90 Å². The van der Waals surface area contributed by atoms with Gasteiger partial charge >= 0.3 is 0 Å². The lowest BCUT2D eigenvalue weighted by Crippen LogP contribution is -2.34. The summed E-state index contributed by atoms with van der Waals surface area (Å²) in [7, 11) is 2.16. The highest BCUT2D eigenvalue weighted by molar-refractivity contribution is 5.05. The smallest absolute Gasteiger partial charge is 0.122 e. The molecule has 1 saturated carbocycles. The molecule has 17 heavy (non-hydrogen) atoms. The van der Waals surface area contributed by atoms with Gasteiger partial charge in [-0.15, -0.1) is 0 Å². The maximum absolute atomic E-state index is 5.87. The molecule has 0 saturated heterocycles. The van der Waals surface area contributed by atoms with Crippen molar-refractivity contribution in [3.8, 4) is 0 Å². The van der Waals surface area contributed by atoms with E-state index in [4.69, 9.17) is 10.2 Å². The molecule has 0 aliphatic heterocycles. The summed E-state index contributed by atoms with van der Waals surface area (Å²) in [5.41, 5.74) is 5.87. The van der Waals surface area contributed by atoms with E-state index >= 15 is 0 Å². The van der Waals surface area contributed by atoms with Crippen LogP contribution < -0.4 is 5.73 Å². The molecule has 0 aromatic carbocycles. The van der Waals surface area contributed by atoms with Crippen molar-refractivity contribution in [2.24, 2.45) is 11.7 Å². The van der Waals surface area contributed by atoms with E-state index in [2.05, 4.69) is 11.9 Å². The third-order valence-electron chi connectivity index (χ3n) is 3.90.